The van der Waals surface area contributed by atoms with Crippen molar-refractivity contribution >= 4 is 29.8 Å². The molecule has 2 N–H and O–H groups in total. The van der Waals surface area contributed by atoms with E-state index in [-0.39, 0.29) is 17.5 Å². The fraction of sp³-hybridized carbons (Fsp3) is 0.350. The number of amides is 1. The number of anilines is 2. The molecule has 0 saturated carbocycles. The first kappa shape index (κ1) is 19.0. The second kappa shape index (κ2) is 7.94. The molecule has 8 nitrogen and oxygen atoms in total. The van der Waals surface area contributed by atoms with Crippen LogP contribution < -0.4 is 10.3 Å². The zero-order chi connectivity index (χ0) is 20.4. The maximum absolute atomic E-state index is 13.8. The molecule has 2 unspecified atom stereocenters. The van der Waals surface area contributed by atoms with E-state index in [0.717, 1.165) is 30.7 Å². The van der Waals surface area contributed by atoms with Gasteiger partial charge in [-0.1, -0.05) is 0 Å². The normalized spacial score (nSPS) is 20.9. The molecule has 3 heterocycles. The van der Waals surface area contributed by atoms with E-state index >= 15 is 0 Å². The molecule has 1 aromatic carbocycles. The van der Waals surface area contributed by atoms with Gasteiger partial charge in [-0.05, 0) is 31.5 Å². The molecule has 0 radical (unpaired) electrons. The molecule has 0 spiro atoms. The van der Waals surface area contributed by atoms with Crippen molar-refractivity contribution < 1.29 is 9.18 Å². The lowest BCUT2D eigenvalue weighted by Crippen LogP contribution is -2.65. The van der Waals surface area contributed by atoms with Crippen LogP contribution in [0.1, 0.15) is 22.5 Å². The molecule has 2 atom stereocenters. The largest absolute Gasteiger partial charge is 0.350 e. The van der Waals surface area contributed by atoms with E-state index in [9.17, 15) is 9.18 Å². The quantitative estimate of drug-likeness (QED) is 0.598. The van der Waals surface area contributed by atoms with E-state index in [1.165, 1.54) is 24.4 Å². The molecule has 2 aliphatic rings. The minimum atomic E-state index is -0.481. The molecule has 4 rings (SSSR count). The molecule has 2 aliphatic heterocycles. The average Bonchev–Trinajstić information content (AvgIpc) is 2.70. The van der Waals surface area contributed by atoms with E-state index in [1.807, 2.05) is 6.92 Å². The van der Waals surface area contributed by atoms with Crippen LogP contribution in [-0.2, 0) is 0 Å². The average molecular weight is 395 g/mol. The maximum atomic E-state index is 13.8. The lowest BCUT2D eigenvalue weighted by Gasteiger charge is -2.53. The Morgan fingerprint density at radius 2 is 2.24 bits per heavy atom. The minimum absolute atomic E-state index is 0.185. The fourth-order valence-electron chi connectivity index (χ4n) is 3.94. The second-order valence-corrected chi connectivity index (χ2v) is 7.28. The maximum Gasteiger partial charge on any atom is 0.256 e. The molecule has 150 valence electrons. The summed E-state index contributed by atoms with van der Waals surface area (Å²) in [5.74, 6) is 0.626. The molecular formula is C20H22FN7O. The van der Waals surface area contributed by atoms with Gasteiger partial charge in [-0.2, -0.15) is 5.10 Å². The summed E-state index contributed by atoms with van der Waals surface area (Å²) in [4.78, 5) is 25.9. The van der Waals surface area contributed by atoms with Crippen LogP contribution in [-0.4, -0.2) is 58.9 Å². The molecule has 29 heavy (non-hydrogen) atoms. The Morgan fingerprint density at radius 1 is 1.38 bits per heavy atom. The van der Waals surface area contributed by atoms with Gasteiger partial charge < -0.3 is 15.2 Å². The number of piperidine rings is 1. The molecule has 9 heteroatoms. The molecule has 2 saturated heterocycles. The number of nitrogens with one attached hydrogen (secondary N) is 2. The summed E-state index contributed by atoms with van der Waals surface area (Å²) in [6.45, 7) is 4.01. The van der Waals surface area contributed by atoms with Gasteiger partial charge in [0.15, 0.2) is 0 Å². The number of fused-ring (bicyclic) bond motifs is 1. The Bertz CT molecular complexity index is 964. The Hall–Kier alpha value is -3.36. The molecule has 0 aliphatic carbocycles. The Kier molecular flexibility index (Phi) is 5.20. The number of carbonyl (C=O) groups is 1. The number of carbonyl (C=O) groups excluding carboxylic acids is 1. The number of aryl methyl sites for hydroxylation is 1. The van der Waals surface area contributed by atoms with E-state index in [0.29, 0.717) is 24.7 Å². The standard InChI is InChI=1S/C20H22FN7O/c1-13-9-23-10-19(25-13)28-11-14-4-7-27(12-18(14)28)20(29)16-8-15(21)2-3-17(16)26-24-6-5-22/h2-3,5-6,8-10,14,18,22,26H,4,7,11-12H2,1H3/b22-5?,24-6-. The monoisotopic (exact) mass is 395 g/mol. The molecule has 2 aromatic rings. The van der Waals surface area contributed by atoms with Crippen molar-refractivity contribution in [3.05, 3.63) is 47.7 Å². The van der Waals surface area contributed by atoms with Gasteiger partial charge in [0.05, 0.1) is 35.4 Å². The van der Waals surface area contributed by atoms with Crippen LogP contribution in [0.25, 0.3) is 0 Å². The van der Waals surface area contributed by atoms with Crippen molar-refractivity contribution in [1.82, 2.24) is 14.9 Å². The summed E-state index contributed by atoms with van der Waals surface area (Å²) in [7, 11) is 0. The zero-order valence-corrected chi connectivity index (χ0v) is 16.0. The van der Waals surface area contributed by atoms with Crippen molar-refractivity contribution in [3.8, 4) is 0 Å². The first-order chi connectivity index (χ1) is 14.1. The van der Waals surface area contributed by atoms with Crippen molar-refractivity contribution in [3.63, 3.8) is 0 Å². The number of hydrogen-bond acceptors (Lipinski definition) is 7. The third-order valence-electron chi connectivity index (χ3n) is 5.42. The lowest BCUT2D eigenvalue weighted by molar-refractivity contribution is 0.0591. The van der Waals surface area contributed by atoms with Gasteiger partial charge in [-0.25, -0.2) is 9.37 Å². The molecular weight excluding hydrogens is 373 g/mol. The van der Waals surface area contributed by atoms with Gasteiger partial charge in [0.25, 0.3) is 5.91 Å². The van der Waals surface area contributed by atoms with Crippen LogP contribution in [0.15, 0.2) is 35.7 Å². The summed E-state index contributed by atoms with van der Waals surface area (Å²) in [6.07, 6.45) is 6.63. The highest BCUT2D eigenvalue weighted by molar-refractivity contribution is 6.14. The van der Waals surface area contributed by atoms with Crippen LogP contribution in [0.4, 0.5) is 15.9 Å². The van der Waals surface area contributed by atoms with Gasteiger partial charge in [-0.15, -0.1) is 0 Å². The molecule has 1 amide bonds. The van der Waals surface area contributed by atoms with E-state index < -0.39 is 5.82 Å². The summed E-state index contributed by atoms with van der Waals surface area (Å²) in [5.41, 5.74) is 4.21. The first-order valence-corrected chi connectivity index (χ1v) is 9.49. The zero-order valence-electron chi connectivity index (χ0n) is 16.0. The highest BCUT2D eigenvalue weighted by Gasteiger charge is 2.44. The minimum Gasteiger partial charge on any atom is -0.350 e. The van der Waals surface area contributed by atoms with Crippen LogP contribution in [0.5, 0.6) is 0 Å². The van der Waals surface area contributed by atoms with Gasteiger partial charge in [0, 0.05) is 38.0 Å². The first-order valence-electron chi connectivity index (χ1n) is 9.49. The SMILES string of the molecule is Cc1cncc(N2CC3CCN(C(=O)c4cc(F)ccc4N/N=C\C=N)CC32)n1. The molecule has 1 aromatic heterocycles. The predicted molar refractivity (Wildman–Crippen MR) is 109 cm³/mol. The topological polar surface area (TPSA) is 97.6 Å². The van der Waals surface area contributed by atoms with Gasteiger partial charge >= 0.3 is 0 Å². The highest BCUT2D eigenvalue weighted by Crippen LogP contribution is 2.36. The number of hydrazone groups is 1. The molecule has 0 bridgehead atoms. The third kappa shape index (κ3) is 3.80. The van der Waals surface area contributed by atoms with Gasteiger partial charge in [0.1, 0.15) is 11.6 Å². The van der Waals surface area contributed by atoms with Crippen LogP contribution in [0.2, 0.25) is 0 Å². The predicted octanol–water partition coefficient (Wildman–Crippen LogP) is 2.32. The summed E-state index contributed by atoms with van der Waals surface area (Å²) in [6, 6.07) is 4.16. The molecule has 2 fully saturated rings. The van der Waals surface area contributed by atoms with Crippen molar-refractivity contribution in [2.45, 2.75) is 19.4 Å². The van der Waals surface area contributed by atoms with Crippen LogP contribution in [0, 0.1) is 24.1 Å². The van der Waals surface area contributed by atoms with Crippen LogP contribution >= 0.6 is 0 Å². The lowest BCUT2D eigenvalue weighted by atomic mass is 9.82. The van der Waals surface area contributed by atoms with Crippen molar-refractivity contribution in [2.75, 3.05) is 30.0 Å². The Balaban J connectivity index is 1.52. The summed E-state index contributed by atoms with van der Waals surface area (Å²) < 4.78 is 13.8. The number of aromatic nitrogens is 2. The number of hydrogen-bond donors (Lipinski definition) is 2. The number of halogens is 1. The third-order valence-corrected chi connectivity index (χ3v) is 5.42. The Labute approximate surface area is 168 Å². The highest BCUT2D eigenvalue weighted by atomic mass is 19.1. The van der Waals surface area contributed by atoms with Gasteiger partial charge in [-0.3, -0.25) is 15.2 Å². The summed E-state index contributed by atoms with van der Waals surface area (Å²) >= 11 is 0. The Morgan fingerprint density at radius 3 is 3.03 bits per heavy atom. The van der Waals surface area contributed by atoms with Crippen molar-refractivity contribution in [2.24, 2.45) is 11.0 Å². The second-order valence-electron chi connectivity index (χ2n) is 7.28. The number of likely N-dealkylation sites (tertiary alicyclic amines) is 1. The van der Waals surface area contributed by atoms with Gasteiger partial charge in [0.2, 0.25) is 0 Å². The number of rotatable bonds is 5. The number of nitrogens with zero attached hydrogens (tertiary/aromatic N) is 5. The van der Waals surface area contributed by atoms with Crippen molar-refractivity contribution in [1.29, 1.82) is 5.41 Å². The van der Waals surface area contributed by atoms with E-state index in [1.54, 1.807) is 17.3 Å². The van der Waals surface area contributed by atoms with E-state index in [2.05, 4.69) is 25.4 Å². The van der Waals surface area contributed by atoms with E-state index in [4.69, 9.17) is 5.41 Å². The number of benzene rings is 1. The smallest absolute Gasteiger partial charge is 0.256 e. The van der Waals surface area contributed by atoms with Crippen LogP contribution in [0.3, 0.4) is 0 Å². The fourth-order valence-corrected chi connectivity index (χ4v) is 3.94. The summed E-state index contributed by atoms with van der Waals surface area (Å²) in [5, 5.41) is 10.8.